The van der Waals surface area contributed by atoms with Crippen molar-refractivity contribution >= 4 is 0 Å². The van der Waals surface area contributed by atoms with Crippen molar-refractivity contribution in [3.05, 3.63) is 11.9 Å². The zero-order valence-electron chi connectivity index (χ0n) is 8.44. The Balaban J connectivity index is 2.49. The summed E-state index contributed by atoms with van der Waals surface area (Å²) >= 11 is 0. The quantitative estimate of drug-likeness (QED) is 0.705. The van der Waals surface area contributed by atoms with Gasteiger partial charge in [-0.05, 0) is 21.0 Å². The second-order valence-electron chi connectivity index (χ2n) is 3.50. The van der Waals surface area contributed by atoms with Gasteiger partial charge >= 0.3 is 0 Å². The number of nitrogens with two attached hydrogens (primary N) is 1. The van der Waals surface area contributed by atoms with Gasteiger partial charge in [0.25, 0.3) is 0 Å². The van der Waals surface area contributed by atoms with Crippen LogP contribution in [0.1, 0.15) is 18.7 Å². The van der Waals surface area contributed by atoms with Gasteiger partial charge in [-0.3, -0.25) is 4.68 Å². The molecule has 1 heterocycles. The molecule has 1 aromatic rings. The fourth-order valence-corrected chi connectivity index (χ4v) is 0.934. The average Bonchev–Trinajstić information content (AvgIpc) is 2.48. The van der Waals surface area contributed by atoms with Gasteiger partial charge in [-0.1, -0.05) is 5.21 Å². The zero-order chi connectivity index (χ0) is 9.84. The van der Waals surface area contributed by atoms with E-state index in [4.69, 9.17) is 5.73 Å². The maximum absolute atomic E-state index is 5.66. The van der Waals surface area contributed by atoms with Gasteiger partial charge in [0.15, 0.2) is 0 Å². The molecule has 1 rings (SSSR count). The van der Waals surface area contributed by atoms with Gasteiger partial charge in [0.2, 0.25) is 0 Å². The third kappa shape index (κ3) is 3.12. The molecule has 0 aliphatic carbocycles. The molecule has 0 radical (unpaired) electrons. The molecule has 0 bridgehead atoms. The SMILES string of the molecule is CC(N)c1cn(CCN(C)C)nn1. The van der Waals surface area contributed by atoms with Crippen molar-refractivity contribution < 1.29 is 0 Å². The second-order valence-corrected chi connectivity index (χ2v) is 3.50. The molecule has 5 nitrogen and oxygen atoms in total. The Morgan fingerprint density at radius 1 is 1.62 bits per heavy atom. The molecule has 74 valence electrons. The van der Waals surface area contributed by atoms with E-state index in [0.717, 1.165) is 18.8 Å². The van der Waals surface area contributed by atoms with Gasteiger partial charge in [-0.2, -0.15) is 0 Å². The highest BCUT2D eigenvalue weighted by Crippen LogP contribution is 2.02. The van der Waals surface area contributed by atoms with E-state index in [1.165, 1.54) is 0 Å². The fourth-order valence-electron chi connectivity index (χ4n) is 0.934. The topological polar surface area (TPSA) is 60.0 Å². The maximum Gasteiger partial charge on any atom is 0.0991 e. The Labute approximate surface area is 78.5 Å². The van der Waals surface area contributed by atoms with Crippen LogP contribution in [0.5, 0.6) is 0 Å². The highest BCUT2D eigenvalue weighted by molar-refractivity contribution is 4.97. The largest absolute Gasteiger partial charge is 0.323 e. The molecule has 13 heavy (non-hydrogen) atoms. The summed E-state index contributed by atoms with van der Waals surface area (Å²) in [4.78, 5) is 2.10. The van der Waals surface area contributed by atoms with Crippen LogP contribution >= 0.6 is 0 Å². The lowest BCUT2D eigenvalue weighted by Gasteiger charge is -2.07. The van der Waals surface area contributed by atoms with E-state index < -0.39 is 0 Å². The van der Waals surface area contributed by atoms with Crippen molar-refractivity contribution in [3.8, 4) is 0 Å². The van der Waals surface area contributed by atoms with Gasteiger partial charge in [-0.25, -0.2) is 0 Å². The van der Waals surface area contributed by atoms with Crippen LogP contribution in [-0.2, 0) is 6.54 Å². The van der Waals surface area contributed by atoms with Crippen molar-refractivity contribution in [1.82, 2.24) is 19.9 Å². The van der Waals surface area contributed by atoms with Crippen LogP contribution in [0.3, 0.4) is 0 Å². The normalized spacial score (nSPS) is 13.6. The predicted molar refractivity (Wildman–Crippen MR) is 51.2 cm³/mol. The molecular formula is C8H17N5. The standard InChI is InChI=1S/C8H17N5/c1-7(9)8-6-13(11-10-8)5-4-12(2)3/h6-7H,4-5,9H2,1-3H3. The summed E-state index contributed by atoms with van der Waals surface area (Å²) in [5.41, 5.74) is 6.50. The van der Waals surface area contributed by atoms with Crippen LogP contribution in [0.2, 0.25) is 0 Å². The first-order valence-corrected chi connectivity index (χ1v) is 4.40. The van der Waals surface area contributed by atoms with Gasteiger partial charge in [-0.15, -0.1) is 5.10 Å². The van der Waals surface area contributed by atoms with Crippen LogP contribution in [0.4, 0.5) is 0 Å². The molecule has 0 saturated heterocycles. The second kappa shape index (κ2) is 4.34. The van der Waals surface area contributed by atoms with E-state index in [0.29, 0.717) is 0 Å². The molecular weight excluding hydrogens is 166 g/mol. The smallest absolute Gasteiger partial charge is 0.0991 e. The maximum atomic E-state index is 5.66. The van der Waals surface area contributed by atoms with Crippen molar-refractivity contribution in [3.63, 3.8) is 0 Å². The number of aromatic nitrogens is 3. The molecule has 0 saturated carbocycles. The Bertz CT molecular complexity index is 253. The molecule has 5 heteroatoms. The summed E-state index contributed by atoms with van der Waals surface area (Å²) in [7, 11) is 4.06. The first-order chi connectivity index (χ1) is 6.09. The lowest BCUT2D eigenvalue weighted by Crippen LogP contribution is -2.18. The van der Waals surface area contributed by atoms with E-state index in [1.807, 2.05) is 31.9 Å². The fraction of sp³-hybridized carbons (Fsp3) is 0.750. The van der Waals surface area contributed by atoms with Gasteiger partial charge in [0.05, 0.1) is 18.4 Å². The number of hydrogen-bond acceptors (Lipinski definition) is 4. The Morgan fingerprint density at radius 2 is 2.31 bits per heavy atom. The molecule has 1 aromatic heterocycles. The van der Waals surface area contributed by atoms with Crippen LogP contribution in [0.15, 0.2) is 6.20 Å². The summed E-state index contributed by atoms with van der Waals surface area (Å²) in [6.45, 7) is 3.72. The first kappa shape index (κ1) is 10.1. The van der Waals surface area contributed by atoms with E-state index in [-0.39, 0.29) is 6.04 Å². The minimum Gasteiger partial charge on any atom is -0.323 e. The molecule has 0 aromatic carbocycles. The summed E-state index contributed by atoms with van der Waals surface area (Å²) in [5, 5.41) is 7.93. The van der Waals surface area contributed by atoms with Crippen LogP contribution in [-0.4, -0.2) is 40.5 Å². The average molecular weight is 183 g/mol. The van der Waals surface area contributed by atoms with Gasteiger partial charge in [0.1, 0.15) is 0 Å². The monoisotopic (exact) mass is 183 g/mol. The summed E-state index contributed by atoms with van der Waals surface area (Å²) in [6, 6.07) is -0.0342. The summed E-state index contributed by atoms with van der Waals surface area (Å²) < 4.78 is 1.82. The third-order valence-electron chi connectivity index (χ3n) is 1.80. The molecule has 2 N–H and O–H groups in total. The molecule has 1 unspecified atom stereocenters. The lowest BCUT2D eigenvalue weighted by molar-refractivity contribution is 0.370. The third-order valence-corrected chi connectivity index (χ3v) is 1.80. The first-order valence-electron chi connectivity index (χ1n) is 4.40. The molecule has 0 amide bonds. The van der Waals surface area contributed by atoms with E-state index in [2.05, 4.69) is 15.2 Å². The number of nitrogens with zero attached hydrogens (tertiary/aromatic N) is 4. The summed E-state index contributed by atoms with van der Waals surface area (Å²) in [6.07, 6.45) is 1.90. The van der Waals surface area contributed by atoms with E-state index in [9.17, 15) is 0 Å². The van der Waals surface area contributed by atoms with Gasteiger partial charge < -0.3 is 10.6 Å². The Kier molecular flexibility index (Phi) is 3.39. The van der Waals surface area contributed by atoms with Crippen molar-refractivity contribution in [1.29, 1.82) is 0 Å². The minimum absolute atomic E-state index is 0.0342. The number of hydrogen-bond donors (Lipinski definition) is 1. The van der Waals surface area contributed by atoms with Crippen LogP contribution in [0.25, 0.3) is 0 Å². The molecule has 0 fully saturated rings. The molecule has 0 aliphatic rings. The highest BCUT2D eigenvalue weighted by Gasteiger charge is 2.04. The minimum atomic E-state index is -0.0342. The lowest BCUT2D eigenvalue weighted by atomic mass is 10.3. The van der Waals surface area contributed by atoms with Crippen molar-refractivity contribution in [2.75, 3.05) is 20.6 Å². The van der Waals surface area contributed by atoms with Crippen LogP contribution in [0, 0.1) is 0 Å². The number of likely N-dealkylation sites (N-methyl/N-ethyl adjacent to an activating group) is 1. The Morgan fingerprint density at radius 3 is 2.77 bits per heavy atom. The molecule has 1 atom stereocenters. The highest BCUT2D eigenvalue weighted by atomic mass is 15.4. The van der Waals surface area contributed by atoms with Gasteiger partial charge in [0, 0.05) is 12.6 Å². The molecule has 0 aliphatic heterocycles. The number of rotatable bonds is 4. The van der Waals surface area contributed by atoms with Crippen molar-refractivity contribution in [2.24, 2.45) is 5.73 Å². The Hall–Kier alpha value is -0.940. The van der Waals surface area contributed by atoms with Crippen LogP contribution < -0.4 is 5.73 Å². The predicted octanol–water partition coefficient (Wildman–Crippen LogP) is -0.141. The summed E-state index contributed by atoms with van der Waals surface area (Å²) in [5.74, 6) is 0. The van der Waals surface area contributed by atoms with Crippen molar-refractivity contribution in [2.45, 2.75) is 19.5 Å². The van der Waals surface area contributed by atoms with E-state index >= 15 is 0 Å². The molecule has 0 spiro atoms. The zero-order valence-corrected chi connectivity index (χ0v) is 8.44. The van der Waals surface area contributed by atoms with E-state index in [1.54, 1.807) is 0 Å².